The van der Waals surface area contributed by atoms with Crippen LogP contribution in [0.2, 0.25) is 0 Å². The minimum atomic E-state index is 0.181. The van der Waals surface area contributed by atoms with Gasteiger partial charge < -0.3 is 10.1 Å². The molecule has 1 fully saturated rings. The van der Waals surface area contributed by atoms with Crippen LogP contribution in [-0.2, 0) is 6.42 Å². The summed E-state index contributed by atoms with van der Waals surface area (Å²) in [6, 6.07) is 9.54. The first-order valence-electron chi connectivity index (χ1n) is 7.19. The Morgan fingerprint density at radius 1 is 1.42 bits per heavy atom. The lowest BCUT2D eigenvalue weighted by Crippen LogP contribution is -2.33. The largest absolute Gasteiger partial charge is 0.493 e. The molecule has 3 atom stereocenters. The maximum absolute atomic E-state index is 9.14. The lowest BCUT2D eigenvalue weighted by molar-refractivity contribution is 0.356. The first-order chi connectivity index (χ1) is 9.28. The SMILES string of the molecule is CC(NC1CCCC1C#N)c1ccc2c(c1)CCO2. The molecule has 2 aliphatic rings. The van der Waals surface area contributed by atoms with Gasteiger partial charge in [0, 0.05) is 18.5 Å². The highest BCUT2D eigenvalue weighted by Crippen LogP contribution is 2.30. The molecule has 0 spiro atoms. The average Bonchev–Trinajstić information content (AvgIpc) is 3.05. The van der Waals surface area contributed by atoms with Gasteiger partial charge >= 0.3 is 0 Å². The van der Waals surface area contributed by atoms with E-state index in [4.69, 9.17) is 10.00 Å². The number of benzene rings is 1. The summed E-state index contributed by atoms with van der Waals surface area (Å²) in [6.45, 7) is 2.99. The zero-order valence-corrected chi connectivity index (χ0v) is 11.4. The highest BCUT2D eigenvalue weighted by molar-refractivity contribution is 5.40. The minimum absolute atomic E-state index is 0.181. The molecule has 3 unspecified atom stereocenters. The van der Waals surface area contributed by atoms with E-state index in [9.17, 15) is 0 Å². The molecule has 1 aromatic rings. The number of nitriles is 1. The van der Waals surface area contributed by atoms with Crippen molar-refractivity contribution in [2.75, 3.05) is 6.61 Å². The predicted molar refractivity (Wildman–Crippen MR) is 73.9 cm³/mol. The van der Waals surface area contributed by atoms with E-state index in [1.807, 2.05) is 0 Å². The molecular weight excluding hydrogens is 236 g/mol. The molecule has 1 aromatic carbocycles. The number of ether oxygens (including phenoxy) is 1. The van der Waals surface area contributed by atoms with Crippen LogP contribution in [0.5, 0.6) is 5.75 Å². The summed E-state index contributed by atoms with van der Waals surface area (Å²) in [7, 11) is 0. The third kappa shape index (κ3) is 2.46. The molecular formula is C16H20N2O. The van der Waals surface area contributed by atoms with Crippen molar-refractivity contribution in [1.29, 1.82) is 5.26 Å². The van der Waals surface area contributed by atoms with E-state index in [1.54, 1.807) is 0 Å². The molecule has 1 saturated carbocycles. The second kappa shape index (κ2) is 5.22. The Balaban J connectivity index is 1.70. The summed E-state index contributed by atoms with van der Waals surface area (Å²) in [6.07, 6.45) is 4.34. The topological polar surface area (TPSA) is 45.0 Å². The smallest absolute Gasteiger partial charge is 0.122 e. The van der Waals surface area contributed by atoms with Crippen LogP contribution in [0.25, 0.3) is 0 Å². The molecule has 3 heteroatoms. The summed E-state index contributed by atoms with van der Waals surface area (Å²) in [5.41, 5.74) is 2.61. The van der Waals surface area contributed by atoms with E-state index in [2.05, 4.69) is 36.5 Å². The fraction of sp³-hybridized carbons (Fsp3) is 0.562. The summed E-state index contributed by atoms with van der Waals surface area (Å²) in [5, 5.41) is 12.8. The molecule has 0 amide bonds. The highest BCUT2D eigenvalue weighted by atomic mass is 16.5. The Kier molecular flexibility index (Phi) is 3.44. The van der Waals surface area contributed by atoms with Crippen LogP contribution in [0.3, 0.4) is 0 Å². The molecule has 100 valence electrons. The van der Waals surface area contributed by atoms with E-state index in [-0.39, 0.29) is 5.92 Å². The standard InChI is InChI=1S/C16H20N2O/c1-11(18-15-4-2-3-14(15)10-17)12-5-6-16-13(9-12)7-8-19-16/h5-6,9,11,14-15,18H,2-4,7-8H2,1H3. The van der Waals surface area contributed by atoms with E-state index in [0.717, 1.165) is 31.6 Å². The van der Waals surface area contributed by atoms with Gasteiger partial charge in [-0.2, -0.15) is 5.26 Å². The zero-order chi connectivity index (χ0) is 13.2. The third-order valence-corrected chi connectivity index (χ3v) is 4.36. The molecule has 1 N–H and O–H groups in total. The average molecular weight is 256 g/mol. The molecule has 0 saturated heterocycles. The van der Waals surface area contributed by atoms with Gasteiger partial charge in [0.25, 0.3) is 0 Å². The van der Waals surface area contributed by atoms with E-state index in [0.29, 0.717) is 12.1 Å². The Bertz CT molecular complexity index is 506. The molecule has 0 bridgehead atoms. The van der Waals surface area contributed by atoms with Gasteiger partial charge in [-0.05, 0) is 37.0 Å². The first-order valence-corrected chi connectivity index (χ1v) is 7.19. The van der Waals surface area contributed by atoms with Crippen molar-refractivity contribution in [3.8, 4) is 11.8 Å². The Labute approximate surface area is 114 Å². The van der Waals surface area contributed by atoms with Crippen LogP contribution in [0.1, 0.15) is 43.4 Å². The van der Waals surface area contributed by atoms with Crippen LogP contribution in [0, 0.1) is 17.2 Å². The van der Waals surface area contributed by atoms with Crippen LogP contribution in [-0.4, -0.2) is 12.6 Å². The molecule has 1 aliphatic heterocycles. The van der Waals surface area contributed by atoms with Gasteiger partial charge in [-0.25, -0.2) is 0 Å². The van der Waals surface area contributed by atoms with Crippen molar-refractivity contribution in [2.24, 2.45) is 5.92 Å². The second-order valence-corrected chi connectivity index (χ2v) is 5.63. The zero-order valence-electron chi connectivity index (χ0n) is 11.4. The summed E-state index contributed by atoms with van der Waals surface area (Å²) < 4.78 is 5.54. The molecule has 1 heterocycles. The quantitative estimate of drug-likeness (QED) is 0.904. The fourth-order valence-electron chi connectivity index (χ4n) is 3.21. The number of fused-ring (bicyclic) bond motifs is 1. The molecule has 19 heavy (non-hydrogen) atoms. The Hall–Kier alpha value is -1.53. The lowest BCUT2D eigenvalue weighted by atomic mass is 10.0. The predicted octanol–water partition coefficient (Wildman–Crippen LogP) is 2.96. The molecule has 0 aromatic heterocycles. The summed E-state index contributed by atoms with van der Waals surface area (Å²) in [5.74, 6) is 1.21. The Morgan fingerprint density at radius 3 is 3.16 bits per heavy atom. The Morgan fingerprint density at radius 2 is 2.32 bits per heavy atom. The monoisotopic (exact) mass is 256 g/mol. The van der Waals surface area contributed by atoms with Crippen LogP contribution in [0.4, 0.5) is 0 Å². The fourth-order valence-corrected chi connectivity index (χ4v) is 3.21. The maximum atomic E-state index is 9.14. The van der Waals surface area contributed by atoms with Gasteiger partial charge in [0.2, 0.25) is 0 Å². The van der Waals surface area contributed by atoms with Gasteiger partial charge in [-0.3, -0.25) is 0 Å². The van der Waals surface area contributed by atoms with E-state index in [1.165, 1.54) is 17.5 Å². The van der Waals surface area contributed by atoms with Crippen molar-refractivity contribution in [3.63, 3.8) is 0 Å². The van der Waals surface area contributed by atoms with Crippen molar-refractivity contribution < 1.29 is 4.74 Å². The number of nitrogens with zero attached hydrogens (tertiary/aromatic N) is 1. The van der Waals surface area contributed by atoms with Crippen molar-refractivity contribution in [3.05, 3.63) is 29.3 Å². The molecule has 3 rings (SSSR count). The summed E-state index contributed by atoms with van der Waals surface area (Å²) in [4.78, 5) is 0. The van der Waals surface area contributed by atoms with E-state index < -0.39 is 0 Å². The van der Waals surface area contributed by atoms with Gasteiger partial charge in [0.05, 0.1) is 18.6 Å². The molecule has 0 radical (unpaired) electrons. The van der Waals surface area contributed by atoms with Crippen LogP contribution < -0.4 is 10.1 Å². The van der Waals surface area contributed by atoms with Gasteiger partial charge in [0.1, 0.15) is 5.75 Å². The number of hydrogen-bond donors (Lipinski definition) is 1. The van der Waals surface area contributed by atoms with Crippen molar-refractivity contribution in [1.82, 2.24) is 5.32 Å². The number of rotatable bonds is 3. The van der Waals surface area contributed by atoms with Crippen LogP contribution >= 0.6 is 0 Å². The van der Waals surface area contributed by atoms with Gasteiger partial charge in [-0.1, -0.05) is 18.6 Å². The van der Waals surface area contributed by atoms with Gasteiger partial charge in [-0.15, -0.1) is 0 Å². The minimum Gasteiger partial charge on any atom is -0.493 e. The molecule has 1 aliphatic carbocycles. The van der Waals surface area contributed by atoms with Gasteiger partial charge in [0.15, 0.2) is 0 Å². The first kappa shape index (κ1) is 12.5. The van der Waals surface area contributed by atoms with E-state index >= 15 is 0 Å². The van der Waals surface area contributed by atoms with Crippen molar-refractivity contribution in [2.45, 2.75) is 44.7 Å². The highest BCUT2D eigenvalue weighted by Gasteiger charge is 2.28. The lowest BCUT2D eigenvalue weighted by Gasteiger charge is -2.22. The maximum Gasteiger partial charge on any atom is 0.122 e. The van der Waals surface area contributed by atoms with Crippen LogP contribution in [0.15, 0.2) is 18.2 Å². The molecule has 3 nitrogen and oxygen atoms in total. The summed E-state index contributed by atoms with van der Waals surface area (Å²) >= 11 is 0. The second-order valence-electron chi connectivity index (χ2n) is 5.63. The third-order valence-electron chi connectivity index (χ3n) is 4.36. The van der Waals surface area contributed by atoms with Crippen molar-refractivity contribution >= 4 is 0 Å². The number of nitrogens with one attached hydrogen (secondary N) is 1. The normalized spacial score (nSPS) is 26.5. The number of hydrogen-bond acceptors (Lipinski definition) is 3.